The van der Waals surface area contributed by atoms with Crippen molar-refractivity contribution in [3.05, 3.63) is 23.3 Å². The first-order valence-corrected chi connectivity index (χ1v) is 11.8. The normalized spacial score (nSPS) is 25.9. The second-order valence-electron chi connectivity index (χ2n) is 8.62. The summed E-state index contributed by atoms with van der Waals surface area (Å²) in [6.45, 7) is 15.6. The minimum atomic E-state index is -1.13. The third-order valence-electron chi connectivity index (χ3n) is 4.64. The topological polar surface area (TPSA) is 18.5 Å². The standard InChI is InChI=1S/C17H31BO2Si/c1-16(2)17(3,4)20-18(19-16)12-8-9-15(14-10-11-14)13-21(5,6)7/h8,12-14H,9-11H2,1-7H3/b12-8+,15-13-. The van der Waals surface area contributed by atoms with E-state index >= 15 is 0 Å². The molecule has 21 heavy (non-hydrogen) atoms. The van der Waals surface area contributed by atoms with Gasteiger partial charge < -0.3 is 9.31 Å². The summed E-state index contributed by atoms with van der Waals surface area (Å²) in [4.78, 5) is 0. The molecule has 0 bridgehead atoms. The summed E-state index contributed by atoms with van der Waals surface area (Å²) in [5.74, 6) is 2.94. The zero-order valence-electron chi connectivity index (χ0n) is 14.8. The van der Waals surface area contributed by atoms with Crippen molar-refractivity contribution in [1.82, 2.24) is 0 Å². The molecule has 2 fully saturated rings. The molecule has 0 aromatic heterocycles. The van der Waals surface area contributed by atoms with Crippen molar-refractivity contribution in [2.24, 2.45) is 5.92 Å². The van der Waals surface area contributed by atoms with Gasteiger partial charge in [0.2, 0.25) is 0 Å². The van der Waals surface area contributed by atoms with Gasteiger partial charge in [0.25, 0.3) is 0 Å². The third-order valence-corrected chi connectivity index (χ3v) is 5.88. The Labute approximate surface area is 132 Å². The van der Waals surface area contributed by atoms with Crippen LogP contribution in [0.5, 0.6) is 0 Å². The second-order valence-corrected chi connectivity index (χ2v) is 13.6. The Morgan fingerprint density at radius 2 is 1.62 bits per heavy atom. The zero-order chi connectivity index (χ0) is 15.9. The van der Waals surface area contributed by atoms with Gasteiger partial charge in [0.15, 0.2) is 0 Å². The second kappa shape index (κ2) is 5.71. The maximum absolute atomic E-state index is 6.00. The molecule has 2 aliphatic rings. The maximum atomic E-state index is 6.00. The molecule has 0 atom stereocenters. The van der Waals surface area contributed by atoms with Gasteiger partial charge in [-0.3, -0.25) is 0 Å². The van der Waals surface area contributed by atoms with Crippen LogP contribution < -0.4 is 0 Å². The van der Waals surface area contributed by atoms with Gasteiger partial charge in [-0.25, -0.2) is 0 Å². The fourth-order valence-corrected chi connectivity index (χ4v) is 4.10. The predicted octanol–water partition coefficient (Wildman–Crippen LogP) is 4.78. The van der Waals surface area contributed by atoms with Gasteiger partial charge >= 0.3 is 7.12 Å². The average Bonchev–Trinajstić information content (AvgIpc) is 3.04. The Morgan fingerprint density at radius 1 is 1.10 bits per heavy atom. The molecule has 1 heterocycles. The fourth-order valence-electron chi connectivity index (χ4n) is 2.64. The summed E-state index contributed by atoms with van der Waals surface area (Å²) in [5, 5.41) is 0. The number of hydrogen-bond donors (Lipinski definition) is 0. The van der Waals surface area contributed by atoms with E-state index in [1.165, 1.54) is 12.8 Å². The lowest BCUT2D eigenvalue weighted by Crippen LogP contribution is -2.41. The highest BCUT2D eigenvalue weighted by atomic mass is 28.3. The van der Waals surface area contributed by atoms with E-state index in [0.717, 1.165) is 12.3 Å². The lowest BCUT2D eigenvalue weighted by atomic mass is 9.89. The highest BCUT2D eigenvalue weighted by Crippen LogP contribution is 2.40. The first kappa shape index (κ1) is 17.0. The van der Waals surface area contributed by atoms with Crippen LogP contribution in [0.15, 0.2) is 23.3 Å². The number of allylic oxidation sites excluding steroid dienone is 2. The number of hydrogen-bond acceptors (Lipinski definition) is 2. The van der Waals surface area contributed by atoms with E-state index in [-0.39, 0.29) is 18.3 Å². The summed E-state index contributed by atoms with van der Waals surface area (Å²) < 4.78 is 12.0. The van der Waals surface area contributed by atoms with E-state index in [1.807, 2.05) is 0 Å². The van der Waals surface area contributed by atoms with Crippen LogP contribution >= 0.6 is 0 Å². The molecule has 1 saturated carbocycles. The van der Waals surface area contributed by atoms with Crippen LogP contribution in [0.1, 0.15) is 47.0 Å². The molecular formula is C17H31BO2Si. The molecule has 1 aliphatic carbocycles. The summed E-state index contributed by atoms with van der Waals surface area (Å²) in [6.07, 6.45) is 6.05. The molecule has 0 aromatic carbocycles. The lowest BCUT2D eigenvalue weighted by molar-refractivity contribution is 0.00578. The monoisotopic (exact) mass is 306 g/mol. The van der Waals surface area contributed by atoms with Crippen LogP contribution in [-0.4, -0.2) is 26.4 Å². The van der Waals surface area contributed by atoms with Crippen molar-refractivity contribution in [2.75, 3.05) is 0 Å². The molecule has 4 heteroatoms. The lowest BCUT2D eigenvalue weighted by Gasteiger charge is -2.32. The van der Waals surface area contributed by atoms with Gasteiger partial charge in [0.05, 0.1) is 19.3 Å². The van der Waals surface area contributed by atoms with Crippen LogP contribution in [0, 0.1) is 5.92 Å². The summed E-state index contributed by atoms with van der Waals surface area (Å²) in [7, 11) is -1.34. The molecule has 0 radical (unpaired) electrons. The predicted molar refractivity (Wildman–Crippen MR) is 94.0 cm³/mol. The van der Waals surface area contributed by atoms with E-state index in [0.29, 0.717) is 0 Å². The molecule has 0 unspecified atom stereocenters. The highest BCUT2D eigenvalue weighted by molar-refractivity contribution is 6.81. The van der Waals surface area contributed by atoms with Crippen molar-refractivity contribution in [2.45, 2.75) is 77.8 Å². The molecule has 1 aliphatic heterocycles. The van der Waals surface area contributed by atoms with E-state index in [4.69, 9.17) is 9.31 Å². The van der Waals surface area contributed by atoms with Crippen LogP contribution in [-0.2, 0) is 9.31 Å². The van der Waals surface area contributed by atoms with Gasteiger partial charge in [-0.15, -0.1) is 0 Å². The van der Waals surface area contributed by atoms with Gasteiger partial charge in [0.1, 0.15) is 0 Å². The molecule has 0 N–H and O–H groups in total. The largest absolute Gasteiger partial charge is 0.486 e. The smallest absolute Gasteiger partial charge is 0.400 e. The summed E-state index contributed by atoms with van der Waals surface area (Å²) in [6, 6.07) is 0. The minimum Gasteiger partial charge on any atom is -0.400 e. The van der Waals surface area contributed by atoms with Crippen LogP contribution in [0.2, 0.25) is 19.6 Å². The van der Waals surface area contributed by atoms with Crippen molar-refractivity contribution >= 4 is 15.2 Å². The molecule has 0 amide bonds. The van der Waals surface area contributed by atoms with Crippen molar-refractivity contribution in [1.29, 1.82) is 0 Å². The van der Waals surface area contributed by atoms with Crippen molar-refractivity contribution in [3.8, 4) is 0 Å². The van der Waals surface area contributed by atoms with E-state index in [1.54, 1.807) is 5.57 Å². The first-order chi connectivity index (χ1) is 9.50. The summed E-state index contributed by atoms with van der Waals surface area (Å²) in [5.41, 5.74) is 3.74. The molecule has 118 valence electrons. The van der Waals surface area contributed by atoms with Gasteiger partial charge in [-0.1, -0.05) is 43.0 Å². The molecular weight excluding hydrogens is 275 g/mol. The Morgan fingerprint density at radius 3 is 2.05 bits per heavy atom. The maximum Gasteiger partial charge on any atom is 0.486 e. The fraction of sp³-hybridized carbons (Fsp3) is 0.765. The van der Waals surface area contributed by atoms with Gasteiger partial charge in [-0.05, 0) is 52.9 Å². The van der Waals surface area contributed by atoms with Crippen LogP contribution in [0.4, 0.5) is 0 Å². The molecule has 2 rings (SSSR count). The zero-order valence-corrected chi connectivity index (χ0v) is 15.8. The van der Waals surface area contributed by atoms with E-state index in [2.05, 4.69) is 65.1 Å². The van der Waals surface area contributed by atoms with E-state index in [9.17, 15) is 0 Å². The average molecular weight is 306 g/mol. The van der Waals surface area contributed by atoms with Gasteiger partial charge in [0, 0.05) is 0 Å². The van der Waals surface area contributed by atoms with Crippen LogP contribution in [0.3, 0.4) is 0 Å². The Kier molecular flexibility index (Phi) is 4.63. The van der Waals surface area contributed by atoms with Crippen molar-refractivity contribution < 1.29 is 9.31 Å². The SMILES string of the molecule is CC1(C)OB(/C=C/C/C(=C/[Si](C)(C)C)C2CC2)OC1(C)C. The van der Waals surface area contributed by atoms with Gasteiger partial charge in [-0.2, -0.15) is 0 Å². The third kappa shape index (κ3) is 4.57. The quantitative estimate of drug-likeness (QED) is 0.681. The Bertz CT molecular complexity index is 426. The Hall–Kier alpha value is -0.318. The number of rotatable bonds is 5. The summed E-state index contributed by atoms with van der Waals surface area (Å²) >= 11 is 0. The molecule has 1 saturated heterocycles. The first-order valence-electron chi connectivity index (χ1n) is 8.24. The molecule has 2 nitrogen and oxygen atoms in total. The van der Waals surface area contributed by atoms with Crippen LogP contribution in [0.25, 0.3) is 0 Å². The van der Waals surface area contributed by atoms with Crippen molar-refractivity contribution in [3.63, 3.8) is 0 Å². The minimum absolute atomic E-state index is 0.206. The molecule has 0 aromatic rings. The Balaban J connectivity index is 1.95. The highest BCUT2D eigenvalue weighted by Gasteiger charge is 2.49. The molecule has 0 spiro atoms. The van der Waals surface area contributed by atoms with E-state index < -0.39 is 8.07 Å².